The second-order valence-electron chi connectivity index (χ2n) is 7.25. The van der Waals surface area contributed by atoms with E-state index in [2.05, 4.69) is 4.98 Å². The van der Waals surface area contributed by atoms with Crippen molar-refractivity contribution >= 4 is 44.6 Å². The zero-order valence-corrected chi connectivity index (χ0v) is 19.9. The molecule has 0 radical (unpaired) electrons. The molecule has 0 saturated carbocycles. The monoisotopic (exact) mass is 491 g/mol. The maximum absolute atomic E-state index is 13.4. The second kappa shape index (κ2) is 9.10. The van der Waals surface area contributed by atoms with Crippen LogP contribution in [0.5, 0.6) is 0 Å². The van der Waals surface area contributed by atoms with Crippen molar-refractivity contribution in [3.63, 3.8) is 0 Å². The standard InChI is InChI=1S/C21H21N3O5S3/c1-23(11-14-6-4-3-5-7-14)32(27,28)21-18(20(26)29-2)15-8-9-24(12-17(15)31-21)19(25)16-10-22-13-30-16/h3-7,10,13H,8-9,11-12H2,1-2H3. The van der Waals surface area contributed by atoms with Gasteiger partial charge in [-0.3, -0.25) is 9.78 Å². The molecule has 32 heavy (non-hydrogen) atoms. The first-order valence-electron chi connectivity index (χ1n) is 9.73. The average Bonchev–Trinajstić information content (AvgIpc) is 3.46. The van der Waals surface area contributed by atoms with Crippen LogP contribution >= 0.6 is 22.7 Å². The van der Waals surface area contributed by atoms with Crippen molar-refractivity contribution in [2.45, 2.75) is 23.7 Å². The SMILES string of the molecule is COC(=O)c1c(S(=O)(=O)N(C)Cc2ccccc2)sc2c1CCN(C(=O)c1cncs1)C2. The van der Waals surface area contributed by atoms with E-state index in [4.69, 9.17) is 4.74 Å². The van der Waals surface area contributed by atoms with Crippen molar-refractivity contribution in [1.82, 2.24) is 14.2 Å². The summed E-state index contributed by atoms with van der Waals surface area (Å²) in [6.07, 6.45) is 1.89. The van der Waals surface area contributed by atoms with Crippen LogP contribution in [0.15, 0.2) is 46.2 Å². The summed E-state index contributed by atoms with van der Waals surface area (Å²) in [5, 5.41) is 0. The third-order valence-corrected chi connectivity index (χ3v) is 9.51. The van der Waals surface area contributed by atoms with Crippen molar-refractivity contribution in [1.29, 1.82) is 0 Å². The van der Waals surface area contributed by atoms with Gasteiger partial charge in [0.05, 0.1) is 30.9 Å². The van der Waals surface area contributed by atoms with Crippen LogP contribution in [0.3, 0.4) is 0 Å². The van der Waals surface area contributed by atoms with Gasteiger partial charge in [-0.25, -0.2) is 13.2 Å². The molecule has 0 bridgehead atoms. The molecule has 2 aromatic heterocycles. The van der Waals surface area contributed by atoms with Gasteiger partial charge in [0.15, 0.2) is 0 Å². The van der Waals surface area contributed by atoms with E-state index in [1.165, 1.54) is 36.0 Å². The summed E-state index contributed by atoms with van der Waals surface area (Å²) in [5.41, 5.74) is 3.15. The molecule has 4 rings (SSSR count). The van der Waals surface area contributed by atoms with Crippen LogP contribution in [0, 0.1) is 0 Å². The van der Waals surface area contributed by atoms with Crippen molar-refractivity contribution in [3.8, 4) is 0 Å². The Bertz CT molecular complexity index is 1240. The molecule has 1 aliphatic rings. The van der Waals surface area contributed by atoms with Gasteiger partial charge in [0.2, 0.25) is 0 Å². The van der Waals surface area contributed by atoms with E-state index >= 15 is 0 Å². The van der Waals surface area contributed by atoms with Crippen LogP contribution in [0.2, 0.25) is 0 Å². The molecular formula is C21H21N3O5S3. The van der Waals surface area contributed by atoms with Crippen LogP contribution in [0.25, 0.3) is 0 Å². The van der Waals surface area contributed by atoms with Gasteiger partial charge in [-0.1, -0.05) is 30.3 Å². The quantitative estimate of drug-likeness (QED) is 0.492. The van der Waals surface area contributed by atoms with E-state index in [0.29, 0.717) is 28.3 Å². The van der Waals surface area contributed by atoms with Gasteiger partial charge in [0, 0.05) is 25.0 Å². The molecule has 0 N–H and O–H groups in total. The second-order valence-corrected chi connectivity index (χ2v) is 11.5. The molecule has 0 spiro atoms. The van der Waals surface area contributed by atoms with Gasteiger partial charge in [0.25, 0.3) is 15.9 Å². The Morgan fingerprint density at radius 3 is 2.66 bits per heavy atom. The Hall–Kier alpha value is -2.60. The molecule has 11 heteroatoms. The molecule has 1 aliphatic heterocycles. The molecule has 8 nitrogen and oxygen atoms in total. The van der Waals surface area contributed by atoms with Crippen LogP contribution in [-0.4, -0.2) is 55.2 Å². The smallest absolute Gasteiger partial charge is 0.340 e. The maximum atomic E-state index is 13.4. The number of rotatable bonds is 6. The molecule has 3 aromatic rings. The summed E-state index contributed by atoms with van der Waals surface area (Å²) in [5.74, 6) is -0.840. The predicted molar refractivity (Wildman–Crippen MR) is 121 cm³/mol. The van der Waals surface area contributed by atoms with Crippen LogP contribution < -0.4 is 0 Å². The van der Waals surface area contributed by atoms with Crippen LogP contribution in [-0.2, 0) is 34.3 Å². The third kappa shape index (κ3) is 4.20. The van der Waals surface area contributed by atoms with E-state index in [0.717, 1.165) is 16.9 Å². The Morgan fingerprint density at radius 1 is 1.25 bits per heavy atom. The minimum Gasteiger partial charge on any atom is -0.465 e. The highest BCUT2D eigenvalue weighted by atomic mass is 32.2. The van der Waals surface area contributed by atoms with Gasteiger partial charge in [-0.15, -0.1) is 22.7 Å². The lowest BCUT2D eigenvalue weighted by molar-refractivity contribution is 0.0595. The minimum atomic E-state index is -3.96. The number of hydrogen-bond acceptors (Lipinski definition) is 8. The normalized spacial score (nSPS) is 13.8. The fraction of sp³-hybridized carbons (Fsp3) is 0.286. The number of ether oxygens (including phenoxy) is 1. The molecule has 0 unspecified atom stereocenters. The molecule has 0 fully saturated rings. The number of carbonyl (C=O) groups excluding carboxylic acids is 2. The van der Waals surface area contributed by atoms with E-state index in [9.17, 15) is 18.0 Å². The summed E-state index contributed by atoms with van der Waals surface area (Å²) >= 11 is 2.29. The number of methoxy groups -OCH3 is 1. The first-order valence-corrected chi connectivity index (χ1v) is 12.9. The number of fused-ring (bicyclic) bond motifs is 1. The Morgan fingerprint density at radius 2 is 2.00 bits per heavy atom. The van der Waals surface area contributed by atoms with Gasteiger partial charge < -0.3 is 9.64 Å². The van der Waals surface area contributed by atoms with Crippen LogP contribution in [0.1, 0.15) is 36.0 Å². The van der Waals surface area contributed by atoms with Crippen molar-refractivity contribution in [2.24, 2.45) is 0 Å². The van der Waals surface area contributed by atoms with Gasteiger partial charge in [-0.2, -0.15) is 4.31 Å². The highest BCUT2D eigenvalue weighted by Gasteiger charge is 2.37. The summed E-state index contributed by atoms with van der Waals surface area (Å²) in [6.45, 7) is 0.783. The fourth-order valence-corrected chi connectivity index (χ4v) is 7.42. The topological polar surface area (TPSA) is 96.9 Å². The molecule has 0 saturated heterocycles. The van der Waals surface area contributed by atoms with Crippen molar-refractivity contribution in [2.75, 3.05) is 20.7 Å². The minimum absolute atomic E-state index is 0.0418. The zero-order chi connectivity index (χ0) is 22.9. The first kappa shape index (κ1) is 22.6. The lowest BCUT2D eigenvalue weighted by atomic mass is 10.0. The number of carbonyl (C=O) groups is 2. The highest BCUT2D eigenvalue weighted by molar-refractivity contribution is 7.91. The molecular weight excluding hydrogens is 470 g/mol. The molecule has 0 atom stereocenters. The lowest BCUT2D eigenvalue weighted by Gasteiger charge is -2.26. The van der Waals surface area contributed by atoms with Gasteiger partial charge >= 0.3 is 5.97 Å². The largest absolute Gasteiger partial charge is 0.465 e. The average molecular weight is 492 g/mol. The fourth-order valence-electron chi connectivity index (χ4n) is 3.59. The highest BCUT2D eigenvalue weighted by Crippen LogP contribution is 2.38. The zero-order valence-electron chi connectivity index (χ0n) is 17.5. The van der Waals surface area contributed by atoms with Crippen LogP contribution in [0.4, 0.5) is 0 Å². The number of amides is 1. The predicted octanol–water partition coefficient (Wildman–Crippen LogP) is 3.01. The number of esters is 1. The van der Waals surface area contributed by atoms with E-state index in [1.807, 2.05) is 30.3 Å². The van der Waals surface area contributed by atoms with Gasteiger partial charge in [0.1, 0.15) is 9.09 Å². The summed E-state index contributed by atoms with van der Waals surface area (Å²) < 4.78 is 33.0. The van der Waals surface area contributed by atoms with E-state index < -0.39 is 16.0 Å². The lowest BCUT2D eigenvalue weighted by Crippen LogP contribution is -2.35. The molecule has 1 aromatic carbocycles. The molecule has 3 heterocycles. The number of aromatic nitrogens is 1. The van der Waals surface area contributed by atoms with Gasteiger partial charge in [-0.05, 0) is 17.5 Å². The van der Waals surface area contributed by atoms with E-state index in [1.54, 1.807) is 10.4 Å². The molecule has 168 valence electrons. The number of thiazole rings is 1. The Kier molecular flexibility index (Phi) is 6.42. The van der Waals surface area contributed by atoms with Crippen molar-refractivity contribution < 1.29 is 22.7 Å². The summed E-state index contributed by atoms with van der Waals surface area (Å²) in [4.78, 5) is 32.2. The number of benzene rings is 1. The summed E-state index contributed by atoms with van der Waals surface area (Å²) in [7, 11) is -1.24. The van der Waals surface area contributed by atoms with E-state index in [-0.39, 0.29) is 28.8 Å². The molecule has 1 amide bonds. The van der Waals surface area contributed by atoms with Crippen molar-refractivity contribution in [3.05, 3.63) is 68.5 Å². The number of sulfonamides is 1. The number of nitrogens with zero attached hydrogens (tertiary/aromatic N) is 3. The molecule has 0 aliphatic carbocycles. The Labute approximate surface area is 194 Å². The first-order chi connectivity index (χ1) is 15.3. The summed E-state index contributed by atoms with van der Waals surface area (Å²) in [6, 6.07) is 9.23. The number of hydrogen-bond donors (Lipinski definition) is 0. The Balaban J connectivity index is 1.68. The maximum Gasteiger partial charge on any atom is 0.340 e. The third-order valence-electron chi connectivity index (χ3n) is 5.24. The number of thiophene rings is 1.